The highest BCUT2D eigenvalue weighted by Gasteiger charge is 2.12. The Morgan fingerprint density at radius 2 is 1.89 bits per heavy atom. The van der Waals surface area contributed by atoms with Crippen LogP contribution in [0.2, 0.25) is 0 Å². The molecule has 19 heavy (non-hydrogen) atoms. The molecule has 0 fully saturated rings. The summed E-state index contributed by atoms with van der Waals surface area (Å²) in [6, 6.07) is 10.9. The lowest BCUT2D eigenvalue weighted by Gasteiger charge is -2.28. The predicted molar refractivity (Wildman–Crippen MR) is 78.9 cm³/mol. The first-order valence-electron chi connectivity index (χ1n) is 6.64. The lowest BCUT2D eigenvalue weighted by Crippen LogP contribution is -2.30. The molecule has 4 nitrogen and oxygen atoms in total. The highest BCUT2D eigenvalue weighted by atomic mass is 15.3. The van der Waals surface area contributed by atoms with Crippen LogP contribution in [0.5, 0.6) is 0 Å². The highest BCUT2D eigenvalue weighted by Crippen LogP contribution is 2.20. The Hall–Kier alpha value is -1.81. The molecule has 0 saturated heterocycles. The quantitative estimate of drug-likeness (QED) is 0.895. The van der Waals surface area contributed by atoms with Crippen molar-refractivity contribution >= 4 is 5.69 Å². The first-order valence-corrected chi connectivity index (χ1v) is 6.64. The Bertz CT molecular complexity index is 513. The van der Waals surface area contributed by atoms with Gasteiger partial charge in [0.2, 0.25) is 0 Å². The van der Waals surface area contributed by atoms with Crippen LogP contribution >= 0.6 is 0 Å². The van der Waals surface area contributed by atoms with Crippen LogP contribution in [0.25, 0.3) is 0 Å². The van der Waals surface area contributed by atoms with Gasteiger partial charge in [-0.3, -0.25) is 4.68 Å². The van der Waals surface area contributed by atoms with Crippen LogP contribution in [0.1, 0.15) is 25.1 Å². The van der Waals surface area contributed by atoms with E-state index in [9.17, 15) is 0 Å². The number of nitrogens with two attached hydrogens (primary N) is 1. The van der Waals surface area contributed by atoms with Gasteiger partial charge in [-0.1, -0.05) is 12.1 Å². The molecule has 0 spiro atoms. The van der Waals surface area contributed by atoms with Gasteiger partial charge >= 0.3 is 0 Å². The summed E-state index contributed by atoms with van der Waals surface area (Å²) >= 11 is 0. The minimum Gasteiger partial charge on any atom is -0.363 e. The molecule has 1 heterocycles. The standard InChI is InChI=1S/C15H22N4/c1-12(2)19(11-14-8-9-18(3)17-14)15-6-4-13(10-16)5-7-15/h4-9,12H,10-11,16H2,1-3H3. The number of hydrogen-bond acceptors (Lipinski definition) is 3. The van der Waals surface area contributed by atoms with Gasteiger partial charge < -0.3 is 10.6 Å². The Balaban J connectivity index is 2.19. The lowest BCUT2D eigenvalue weighted by molar-refractivity contribution is 0.657. The second-order valence-corrected chi connectivity index (χ2v) is 5.07. The van der Waals surface area contributed by atoms with Gasteiger partial charge in [-0.25, -0.2) is 0 Å². The Labute approximate surface area is 114 Å². The first kappa shape index (κ1) is 13.6. The summed E-state index contributed by atoms with van der Waals surface area (Å²) in [7, 11) is 1.94. The third-order valence-electron chi connectivity index (χ3n) is 3.23. The molecule has 0 atom stereocenters. The van der Waals surface area contributed by atoms with Crippen molar-refractivity contribution in [2.24, 2.45) is 12.8 Å². The van der Waals surface area contributed by atoms with Crippen molar-refractivity contribution in [3.8, 4) is 0 Å². The molecule has 2 aromatic rings. The second-order valence-electron chi connectivity index (χ2n) is 5.07. The zero-order valence-corrected chi connectivity index (χ0v) is 11.9. The van der Waals surface area contributed by atoms with Crippen molar-refractivity contribution in [2.45, 2.75) is 33.0 Å². The lowest BCUT2D eigenvalue weighted by atomic mass is 10.1. The molecule has 4 heteroatoms. The summed E-state index contributed by atoms with van der Waals surface area (Å²) < 4.78 is 1.84. The molecule has 2 rings (SSSR count). The zero-order chi connectivity index (χ0) is 13.8. The van der Waals surface area contributed by atoms with E-state index in [4.69, 9.17) is 5.73 Å². The van der Waals surface area contributed by atoms with E-state index >= 15 is 0 Å². The molecule has 0 aliphatic heterocycles. The molecule has 0 saturated carbocycles. The Kier molecular flexibility index (Phi) is 4.22. The Morgan fingerprint density at radius 1 is 1.21 bits per heavy atom. The summed E-state index contributed by atoms with van der Waals surface area (Å²) in [6.07, 6.45) is 1.98. The maximum Gasteiger partial charge on any atom is 0.0817 e. The van der Waals surface area contributed by atoms with Crippen LogP contribution in [0, 0.1) is 0 Å². The van der Waals surface area contributed by atoms with Gasteiger partial charge in [0.1, 0.15) is 0 Å². The topological polar surface area (TPSA) is 47.1 Å². The van der Waals surface area contributed by atoms with Gasteiger partial charge in [0.05, 0.1) is 12.2 Å². The predicted octanol–water partition coefficient (Wildman–Crippen LogP) is 2.29. The maximum absolute atomic E-state index is 5.64. The largest absolute Gasteiger partial charge is 0.363 e. The van der Waals surface area contributed by atoms with Crippen molar-refractivity contribution in [3.05, 3.63) is 47.8 Å². The molecule has 0 aliphatic carbocycles. The Morgan fingerprint density at radius 3 is 2.37 bits per heavy atom. The van der Waals surface area contributed by atoms with Crippen molar-refractivity contribution in [1.29, 1.82) is 0 Å². The third-order valence-corrected chi connectivity index (χ3v) is 3.23. The fraction of sp³-hybridized carbons (Fsp3) is 0.400. The van der Waals surface area contributed by atoms with E-state index < -0.39 is 0 Å². The van der Waals surface area contributed by atoms with E-state index in [-0.39, 0.29) is 0 Å². The monoisotopic (exact) mass is 258 g/mol. The number of aryl methyl sites for hydroxylation is 1. The van der Waals surface area contributed by atoms with Crippen LogP contribution in [-0.4, -0.2) is 15.8 Å². The van der Waals surface area contributed by atoms with E-state index in [1.807, 2.05) is 17.9 Å². The molecule has 1 aromatic carbocycles. The van der Waals surface area contributed by atoms with Gasteiger partial charge in [-0.05, 0) is 37.6 Å². The number of benzene rings is 1. The minimum atomic E-state index is 0.422. The van der Waals surface area contributed by atoms with Crippen LogP contribution in [0.4, 0.5) is 5.69 Å². The van der Waals surface area contributed by atoms with Crippen LogP contribution in [0.15, 0.2) is 36.5 Å². The molecule has 102 valence electrons. The summed E-state index contributed by atoms with van der Waals surface area (Å²) in [6.45, 7) is 5.79. The zero-order valence-electron chi connectivity index (χ0n) is 11.9. The number of anilines is 1. The average molecular weight is 258 g/mol. The molecular formula is C15H22N4. The van der Waals surface area contributed by atoms with E-state index in [1.165, 1.54) is 5.69 Å². The molecule has 1 aromatic heterocycles. The molecule has 0 bridgehead atoms. The summed E-state index contributed by atoms with van der Waals surface area (Å²) in [4.78, 5) is 2.34. The summed E-state index contributed by atoms with van der Waals surface area (Å²) in [5.41, 5.74) is 9.08. The van der Waals surface area contributed by atoms with Crippen molar-refractivity contribution < 1.29 is 0 Å². The van der Waals surface area contributed by atoms with Crippen LogP contribution in [-0.2, 0) is 20.1 Å². The van der Waals surface area contributed by atoms with Crippen molar-refractivity contribution in [1.82, 2.24) is 9.78 Å². The molecule has 0 aliphatic rings. The normalized spacial score (nSPS) is 11.0. The summed E-state index contributed by atoms with van der Waals surface area (Å²) in [5.74, 6) is 0. The average Bonchev–Trinajstić information content (AvgIpc) is 2.81. The minimum absolute atomic E-state index is 0.422. The van der Waals surface area contributed by atoms with Gasteiger partial charge in [-0.15, -0.1) is 0 Å². The van der Waals surface area contributed by atoms with Gasteiger partial charge in [0.15, 0.2) is 0 Å². The van der Waals surface area contributed by atoms with E-state index in [0.717, 1.165) is 17.8 Å². The molecule has 0 unspecified atom stereocenters. The van der Waals surface area contributed by atoms with Crippen LogP contribution < -0.4 is 10.6 Å². The van der Waals surface area contributed by atoms with Gasteiger partial charge in [-0.2, -0.15) is 5.10 Å². The van der Waals surface area contributed by atoms with Crippen molar-refractivity contribution in [3.63, 3.8) is 0 Å². The fourth-order valence-corrected chi connectivity index (χ4v) is 2.12. The smallest absolute Gasteiger partial charge is 0.0817 e. The SMILES string of the molecule is CC(C)N(Cc1ccn(C)n1)c1ccc(CN)cc1. The highest BCUT2D eigenvalue weighted by molar-refractivity contribution is 5.48. The fourth-order valence-electron chi connectivity index (χ4n) is 2.12. The van der Waals surface area contributed by atoms with Crippen molar-refractivity contribution in [2.75, 3.05) is 4.90 Å². The van der Waals surface area contributed by atoms with E-state index in [1.54, 1.807) is 0 Å². The molecule has 2 N–H and O–H groups in total. The van der Waals surface area contributed by atoms with Gasteiger partial charge in [0, 0.05) is 31.5 Å². The number of aromatic nitrogens is 2. The number of rotatable bonds is 5. The second kappa shape index (κ2) is 5.89. The molecule has 0 radical (unpaired) electrons. The molecule has 0 amide bonds. The van der Waals surface area contributed by atoms with Gasteiger partial charge in [0.25, 0.3) is 0 Å². The number of hydrogen-bond donors (Lipinski definition) is 1. The van der Waals surface area contributed by atoms with Crippen LogP contribution in [0.3, 0.4) is 0 Å². The number of nitrogens with zero attached hydrogens (tertiary/aromatic N) is 3. The summed E-state index contributed by atoms with van der Waals surface area (Å²) in [5, 5.41) is 4.45. The first-order chi connectivity index (χ1) is 9.10. The van der Waals surface area contributed by atoms with E-state index in [2.05, 4.69) is 54.2 Å². The maximum atomic E-state index is 5.64. The van der Waals surface area contributed by atoms with E-state index in [0.29, 0.717) is 12.6 Å². The third kappa shape index (κ3) is 3.35. The molecular weight excluding hydrogens is 236 g/mol.